The van der Waals surface area contributed by atoms with Crippen molar-refractivity contribution in [2.24, 2.45) is 12.0 Å². The van der Waals surface area contributed by atoms with Gasteiger partial charge in [0.1, 0.15) is 0 Å². The van der Waals surface area contributed by atoms with E-state index in [4.69, 9.17) is 0 Å². The number of alkyl halides is 3. The Hall–Kier alpha value is -1.89. The van der Waals surface area contributed by atoms with Crippen molar-refractivity contribution in [3.05, 3.63) is 40.5 Å². The number of amides is 1. The Morgan fingerprint density at radius 3 is 2.47 bits per heavy atom. The fraction of sp³-hybridized carbons (Fsp3) is 0.167. The zero-order valence-electron chi connectivity index (χ0n) is 9.81. The van der Waals surface area contributed by atoms with Crippen LogP contribution in [-0.2, 0) is 11.8 Å². The lowest BCUT2D eigenvalue weighted by Crippen LogP contribution is -2.24. The monoisotopic (exact) mass is 286 g/mol. The van der Waals surface area contributed by atoms with Gasteiger partial charge in [-0.05, 0) is 5.56 Å². The number of carbonyl (C=O) groups excluding carboxylic acids is 1. The third-order valence-electron chi connectivity index (χ3n) is 2.43. The summed E-state index contributed by atoms with van der Waals surface area (Å²) in [5, 5.41) is 1.66. The van der Waals surface area contributed by atoms with E-state index in [9.17, 15) is 18.0 Å². The first-order chi connectivity index (χ1) is 8.89. The third-order valence-corrected chi connectivity index (χ3v) is 3.35. The molecule has 2 rings (SSSR count). The maximum atomic E-state index is 12.1. The quantitative estimate of drug-likeness (QED) is 0.793. The van der Waals surface area contributed by atoms with Gasteiger partial charge in [-0.1, -0.05) is 30.3 Å². The molecule has 0 fully saturated rings. The Morgan fingerprint density at radius 1 is 1.26 bits per heavy atom. The highest BCUT2D eigenvalue weighted by atomic mass is 32.1. The lowest BCUT2D eigenvalue weighted by molar-refractivity contribution is -0.169. The molecule has 100 valence electrons. The van der Waals surface area contributed by atoms with E-state index in [0.29, 0.717) is 5.69 Å². The number of carbonyl (C=O) groups is 1. The van der Waals surface area contributed by atoms with Gasteiger partial charge in [0.15, 0.2) is 4.80 Å². The summed E-state index contributed by atoms with van der Waals surface area (Å²) in [4.78, 5) is 13.9. The van der Waals surface area contributed by atoms with Gasteiger partial charge < -0.3 is 4.57 Å². The topological polar surface area (TPSA) is 34.4 Å². The van der Waals surface area contributed by atoms with Gasteiger partial charge in [-0.2, -0.15) is 18.2 Å². The zero-order valence-corrected chi connectivity index (χ0v) is 10.6. The molecule has 3 nitrogen and oxygen atoms in total. The van der Waals surface area contributed by atoms with E-state index >= 15 is 0 Å². The van der Waals surface area contributed by atoms with Gasteiger partial charge in [-0.3, -0.25) is 4.79 Å². The molecule has 0 saturated heterocycles. The van der Waals surface area contributed by atoms with Crippen molar-refractivity contribution in [1.82, 2.24) is 4.57 Å². The molecule has 0 aliphatic heterocycles. The van der Waals surface area contributed by atoms with E-state index in [0.717, 1.165) is 16.9 Å². The summed E-state index contributed by atoms with van der Waals surface area (Å²) in [6.07, 6.45) is -4.94. The van der Waals surface area contributed by atoms with Crippen molar-refractivity contribution >= 4 is 17.2 Å². The second-order valence-corrected chi connectivity index (χ2v) is 4.58. The molecule has 2 aromatic rings. The standard InChI is InChI=1S/C12H9F3N2OS/c1-17-9(8-5-3-2-4-6-8)7-19-11(17)16-10(18)12(13,14)15/h2-7H,1H3. The first kappa shape index (κ1) is 13.5. The van der Waals surface area contributed by atoms with Crippen molar-refractivity contribution in [2.75, 3.05) is 0 Å². The Morgan fingerprint density at radius 2 is 1.89 bits per heavy atom. The van der Waals surface area contributed by atoms with Crippen molar-refractivity contribution in [1.29, 1.82) is 0 Å². The molecule has 0 spiro atoms. The molecular formula is C12H9F3N2OS. The molecule has 0 unspecified atom stereocenters. The molecule has 0 bridgehead atoms. The lowest BCUT2D eigenvalue weighted by Gasteiger charge is -2.02. The van der Waals surface area contributed by atoms with Crippen LogP contribution in [-0.4, -0.2) is 16.7 Å². The van der Waals surface area contributed by atoms with Crippen LogP contribution in [0.3, 0.4) is 0 Å². The number of thiazole rings is 1. The number of hydrogen-bond acceptors (Lipinski definition) is 2. The summed E-state index contributed by atoms with van der Waals surface area (Å²) in [5.74, 6) is -2.09. The number of aromatic nitrogens is 1. The zero-order chi connectivity index (χ0) is 14.0. The molecule has 1 aromatic heterocycles. The van der Waals surface area contributed by atoms with Gasteiger partial charge in [0.25, 0.3) is 0 Å². The van der Waals surface area contributed by atoms with Crippen LogP contribution in [0.4, 0.5) is 13.2 Å². The van der Waals surface area contributed by atoms with Crippen LogP contribution in [0, 0.1) is 0 Å². The van der Waals surface area contributed by atoms with Crippen LogP contribution in [0.5, 0.6) is 0 Å². The average molecular weight is 286 g/mol. The molecular weight excluding hydrogens is 277 g/mol. The minimum Gasteiger partial charge on any atom is -0.319 e. The number of nitrogens with zero attached hydrogens (tertiary/aromatic N) is 2. The first-order valence-corrected chi connectivity index (χ1v) is 6.13. The van der Waals surface area contributed by atoms with Gasteiger partial charge in [0, 0.05) is 12.4 Å². The second kappa shape index (κ2) is 5.00. The highest BCUT2D eigenvalue weighted by Crippen LogP contribution is 2.19. The molecule has 0 N–H and O–H groups in total. The van der Waals surface area contributed by atoms with Gasteiger partial charge in [0.2, 0.25) is 0 Å². The molecule has 1 aromatic carbocycles. The average Bonchev–Trinajstić information content (AvgIpc) is 2.71. The Balaban J connectivity index is 2.45. The predicted molar refractivity (Wildman–Crippen MR) is 65.4 cm³/mol. The van der Waals surface area contributed by atoms with Gasteiger partial charge in [-0.25, -0.2) is 0 Å². The molecule has 0 aliphatic carbocycles. The van der Waals surface area contributed by atoms with Crippen LogP contribution in [0.15, 0.2) is 40.7 Å². The molecule has 1 heterocycles. The van der Waals surface area contributed by atoms with Crippen molar-refractivity contribution in [3.8, 4) is 11.3 Å². The summed E-state index contributed by atoms with van der Waals surface area (Å²) in [7, 11) is 1.57. The van der Waals surface area contributed by atoms with E-state index in [1.54, 1.807) is 12.4 Å². The predicted octanol–water partition coefficient (Wildman–Crippen LogP) is 2.74. The second-order valence-electron chi connectivity index (χ2n) is 3.74. The summed E-state index contributed by atoms with van der Waals surface area (Å²) in [6, 6.07) is 9.15. The smallest absolute Gasteiger partial charge is 0.319 e. The number of hydrogen-bond donors (Lipinski definition) is 0. The van der Waals surface area contributed by atoms with Crippen LogP contribution in [0.25, 0.3) is 11.3 Å². The molecule has 0 aliphatic rings. The SMILES string of the molecule is Cn1c(-c2ccccc2)csc1=NC(=O)C(F)(F)F. The molecule has 0 saturated carbocycles. The van der Waals surface area contributed by atoms with Crippen LogP contribution < -0.4 is 4.80 Å². The minimum atomic E-state index is -4.94. The minimum absolute atomic E-state index is 0.0150. The molecule has 0 radical (unpaired) electrons. The summed E-state index contributed by atoms with van der Waals surface area (Å²) >= 11 is 0.991. The number of halogens is 3. The van der Waals surface area contributed by atoms with Gasteiger partial charge >= 0.3 is 12.1 Å². The lowest BCUT2D eigenvalue weighted by atomic mass is 10.2. The summed E-state index contributed by atoms with van der Waals surface area (Å²) < 4.78 is 37.9. The highest BCUT2D eigenvalue weighted by Gasteiger charge is 2.38. The van der Waals surface area contributed by atoms with Crippen LogP contribution in [0.2, 0.25) is 0 Å². The van der Waals surface area contributed by atoms with Crippen molar-refractivity contribution < 1.29 is 18.0 Å². The fourth-order valence-corrected chi connectivity index (χ4v) is 2.40. The number of benzene rings is 1. The maximum absolute atomic E-state index is 12.1. The Kier molecular flexibility index (Phi) is 3.57. The summed E-state index contributed by atoms with van der Waals surface area (Å²) in [5.41, 5.74) is 1.56. The van der Waals surface area contributed by atoms with E-state index in [2.05, 4.69) is 4.99 Å². The van der Waals surface area contributed by atoms with E-state index < -0.39 is 12.1 Å². The molecule has 7 heteroatoms. The van der Waals surface area contributed by atoms with E-state index in [1.807, 2.05) is 30.3 Å². The Bertz CT molecular complexity index is 656. The van der Waals surface area contributed by atoms with E-state index in [1.165, 1.54) is 4.57 Å². The fourth-order valence-electron chi connectivity index (χ4n) is 1.49. The van der Waals surface area contributed by atoms with Crippen molar-refractivity contribution in [3.63, 3.8) is 0 Å². The maximum Gasteiger partial charge on any atom is 0.473 e. The van der Waals surface area contributed by atoms with Crippen LogP contribution in [0.1, 0.15) is 0 Å². The van der Waals surface area contributed by atoms with E-state index in [-0.39, 0.29) is 4.80 Å². The van der Waals surface area contributed by atoms with Gasteiger partial charge in [0.05, 0.1) is 5.69 Å². The Labute approximate surface area is 110 Å². The number of rotatable bonds is 1. The normalized spacial score (nSPS) is 12.7. The largest absolute Gasteiger partial charge is 0.473 e. The highest BCUT2D eigenvalue weighted by molar-refractivity contribution is 7.07. The third kappa shape index (κ3) is 2.93. The van der Waals surface area contributed by atoms with Gasteiger partial charge in [-0.15, -0.1) is 11.3 Å². The first-order valence-electron chi connectivity index (χ1n) is 5.25. The molecule has 1 amide bonds. The van der Waals surface area contributed by atoms with Crippen LogP contribution >= 0.6 is 11.3 Å². The molecule has 19 heavy (non-hydrogen) atoms. The molecule has 0 atom stereocenters. The summed E-state index contributed by atoms with van der Waals surface area (Å²) in [6.45, 7) is 0. The van der Waals surface area contributed by atoms with Crippen molar-refractivity contribution in [2.45, 2.75) is 6.18 Å².